The number of nitrogens with one attached hydrogen (secondary N) is 2. The summed E-state index contributed by atoms with van der Waals surface area (Å²) in [5.41, 5.74) is 1.21. The number of hydrogen-bond donors (Lipinski definition) is 2. The van der Waals surface area contributed by atoms with Crippen LogP contribution in [0, 0.1) is 5.41 Å². The third-order valence-electron chi connectivity index (χ3n) is 6.19. The SMILES string of the molecule is FC(F)C(F)(F)c1nnc2n1CC1(COC1)Cn1cc(-c3cc(Nc4ccn[nH]4)ncc3Cl)cc1-2. The number of fused-ring (bicyclic) bond motifs is 3. The van der Waals surface area contributed by atoms with Gasteiger partial charge in [-0.05, 0) is 12.1 Å². The molecular weight excluding hydrogens is 492 g/mol. The molecule has 2 N–H and O–H groups in total. The van der Waals surface area contributed by atoms with Crippen LogP contribution in [-0.2, 0) is 23.7 Å². The summed E-state index contributed by atoms with van der Waals surface area (Å²) in [6.07, 6.45) is 0.993. The number of rotatable bonds is 5. The molecule has 4 aromatic rings. The van der Waals surface area contributed by atoms with E-state index in [2.05, 4.69) is 30.7 Å². The fourth-order valence-corrected chi connectivity index (χ4v) is 4.69. The van der Waals surface area contributed by atoms with Crippen molar-refractivity contribution in [3.05, 3.63) is 47.6 Å². The minimum Gasteiger partial charge on any atom is -0.380 e. The molecule has 0 aliphatic carbocycles. The predicted octanol–water partition coefficient (Wildman–Crippen LogP) is 4.32. The zero-order valence-corrected chi connectivity index (χ0v) is 18.6. The summed E-state index contributed by atoms with van der Waals surface area (Å²) in [7, 11) is 0. The summed E-state index contributed by atoms with van der Waals surface area (Å²) in [4.78, 5) is 4.27. The van der Waals surface area contributed by atoms with Crippen molar-refractivity contribution in [1.29, 1.82) is 0 Å². The highest BCUT2D eigenvalue weighted by Gasteiger charge is 2.51. The van der Waals surface area contributed by atoms with Gasteiger partial charge >= 0.3 is 12.3 Å². The van der Waals surface area contributed by atoms with E-state index in [-0.39, 0.29) is 12.4 Å². The maximum absolute atomic E-state index is 14.4. The molecule has 0 aromatic carbocycles. The van der Waals surface area contributed by atoms with E-state index in [1.807, 2.05) is 10.8 Å². The number of aromatic amines is 1. The number of anilines is 2. The third kappa shape index (κ3) is 3.57. The van der Waals surface area contributed by atoms with Gasteiger partial charge in [-0.1, -0.05) is 11.6 Å². The van der Waals surface area contributed by atoms with Crippen molar-refractivity contribution in [3.63, 3.8) is 0 Å². The summed E-state index contributed by atoms with van der Waals surface area (Å²) in [5.74, 6) is -4.29. The first-order valence-electron chi connectivity index (χ1n) is 10.6. The molecule has 0 bridgehead atoms. The number of hydrogen-bond acceptors (Lipinski definition) is 6. The Morgan fingerprint density at radius 3 is 2.71 bits per heavy atom. The largest absolute Gasteiger partial charge is 0.380 e. The third-order valence-corrected chi connectivity index (χ3v) is 6.50. The summed E-state index contributed by atoms with van der Waals surface area (Å²) in [6.45, 7) is 1.06. The molecule has 182 valence electrons. The van der Waals surface area contributed by atoms with Gasteiger partial charge in [0.2, 0.25) is 5.82 Å². The molecule has 2 aliphatic rings. The normalized spacial score (nSPS) is 16.6. The summed E-state index contributed by atoms with van der Waals surface area (Å²) < 4.78 is 63.4. The average molecular weight is 509 g/mol. The Balaban J connectivity index is 1.46. The summed E-state index contributed by atoms with van der Waals surface area (Å²) in [5, 5.41) is 17.5. The molecule has 0 unspecified atom stereocenters. The van der Waals surface area contributed by atoms with E-state index in [0.717, 1.165) is 4.57 Å². The zero-order valence-electron chi connectivity index (χ0n) is 17.9. The first kappa shape index (κ1) is 22.0. The van der Waals surface area contributed by atoms with Gasteiger partial charge in [0.25, 0.3) is 0 Å². The van der Waals surface area contributed by atoms with Crippen LogP contribution in [0.3, 0.4) is 0 Å². The van der Waals surface area contributed by atoms with Gasteiger partial charge < -0.3 is 19.2 Å². The number of ether oxygens (including phenoxy) is 1. The fourth-order valence-electron chi connectivity index (χ4n) is 4.47. The van der Waals surface area contributed by atoms with Crippen molar-refractivity contribution in [3.8, 4) is 22.6 Å². The van der Waals surface area contributed by atoms with Gasteiger partial charge in [0.1, 0.15) is 11.6 Å². The van der Waals surface area contributed by atoms with Crippen molar-refractivity contribution in [1.82, 2.24) is 34.5 Å². The van der Waals surface area contributed by atoms with E-state index >= 15 is 0 Å². The number of halogens is 5. The number of H-pyrrole nitrogens is 1. The van der Waals surface area contributed by atoms with Crippen molar-refractivity contribution >= 4 is 23.2 Å². The van der Waals surface area contributed by atoms with E-state index in [0.29, 0.717) is 53.2 Å². The summed E-state index contributed by atoms with van der Waals surface area (Å²) >= 11 is 6.45. The van der Waals surface area contributed by atoms with Crippen LogP contribution in [-0.4, -0.2) is 54.2 Å². The molecule has 0 amide bonds. The van der Waals surface area contributed by atoms with Crippen LogP contribution in [0.2, 0.25) is 5.02 Å². The monoisotopic (exact) mass is 508 g/mol. The van der Waals surface area contributed by atoms with Gasteiger partial charge in [0.15, 0.2) is 5.82 Å². The van der Waals surface area contributed by atoms with Gasteiger partial charge in [0.05, 0.1) is 35.5 Å². The second kappa shape index (κ2) is 7.78. The second-order valence-electron chi connectivity index (χ2n) is 8.74. The van der Waals surface area contributed by atoms with E-state index in [4.69, 9.17) is 16.3 Å². The standard InChI is InChI=1S/C21H17ClF4N8O/c22-13-5-27-16(29-15-1-2-28-30-15)4-12(13)11-3-14-17-31-32-19(21(25,26)18(23)24)34(17)8-20(9-35-10-20)7-33(14)6-11/h1-6,18H,7-10H2,(H2,27,28,29,30). The first-order chi connectivity index (χ1) is 16.8. The van der Waals surface area contributed by atoms with Crippen LogP contribution in [0.1, 0.15) is 5.82 Å². The lowest BCUT2D eigenvalue weighted by Gasteiger charge is -2.41. The number of nitrogens with zero attached hydrogens (tertiary/aromatic N) is 6. The van der Waals surface area contributed by atoms with Crippen LogP contribution >= 0.6 is 11.6 Å². The number of aromatic nitrogens is 7. The van der Waals surface area contributed by atoms with Crippen molar-refractivity contribution in [2.24, 2.45) is 5.41 Å². The molecule has 0 atom stereocenters. The number of alkyl halides is 4. The quantitative estimate of drug-likeness (QED) is 0.390. The van der Waals surface area contributed by atoms with Gasteiger partial charge in [0, 0.05) is 42.7 Å². The van der Waals surface area contributed by atoms with E-state index in [1.165, 1.54) is 6.20 Å². The predicted molar refractivity (Wildman–Crippen MR) is 117 cm³/mol. The smallest absolute Gasteiger partial charge is 0.365 e. The minimum absolute atomic E-state index is 0.0399. The average Bonchev–Trinajstić information content (AvgIpc) is 3.52. The molecule has 9 nitrogen and oxygen atoms in total. The van der Waals surface area contributed by atoms with Crippen LogP contribution in [0.4, 0.5) is 29.2 Å². The molecule has 2 aliphatic heterocycles. The molecule has 6 rings (SSSR count). The van der Waals surface area contributed by atoms with Crippen molar-refractivity contribution in [2.75, 3.05) is 18.5 Å². The van der Waals surface area contributed by atoms with Gasteiger partial charge in [-0.2, -0.15) is 13.9 Å². The van der Waals surface area contributed by atoms with Crippen LogP contribution in [0.25, 0.3) is 22.6 Å². The Morgan fingerprint density at radius 2 is 2.03 bits per heavy atom. The summed E-state index contributed by atoms with van der Waals surface area (Å²) in [6, 6.07) is 5.20. The first-order valence-corrected chi connectivity index (χ1v) is 10.9. The van der Waals surface area contributed by atoms with Crippen LogP contribution in [0.15, 0.2) is 36.8 Å². The van der Waals surface area contributed by atoms with Crippen molar-refractivity contribution < 1.29 is 22.3 Å². The Kier molecular flexibility index (Phi) is 4.90. The Bertz CT molecular complexity index is 1400. The Morgan fingerprint density at radius 1 is 1.20 bits per heavy atom. The van der Waals surface area contributed by atoms with E-state index in [1.54, 1.807) is 24.4 Å². The molecule has 4 aromatic heterocycles. The number of pyridine rings is 1. The van der Waals surface area contributed by atoms with Gasteiger partial charge in [-0.3, -0.25) is 5.10 Å². The van der Waals surface area contributed by atoms with Gasteiger partial charge in [-0.25, -0.2) is 13.8 Å². The Hall–Kier alpha value is -3.45. The lowest BCUT2D eigenvalue weighted by molar-refractivity contribution is -0.150. The molecule has 0 radical (unpaired) electrons. The fraction of sp³-hybridized carbons (Fsp3) is 0.333. The highest BCUT2D eigenvalue weighted by atomic mass is 35.5. The maximum Gasteiger partial charge on any atom is 0.365 e. The molecule has 1 fully saturated rings. The maximum atomic E-state index is 14.4. The molecule has 35 heavy (non-hydrogen) atoms. The molecule has 1 saturated heterocycles. The highest BCUT2D eigenvalue weighted by molar-refractivity contribution is 6.33. The molecule has 14 heteroatoms. The van der Waals surface area contributed by atoms with E-state index in [9.17, 15) is 17.6 Å². The van der Waals surface area contributed by atoms with Crippen LogP contribution < -0.4 is 5.32 Å². The van der Waals surface area contributed by atoms with Crippen molar-refractivity contribution in [2.45, 2.75) is 25.4 Å². The highest BCUT2D eigenvalue weighted by Crippen LogP contribution is 2.43. The molecule has 0 saturated carbocycles. The van der Waals surface area contributed by atoms with E-state index < -0.39 is 23.6 Å². The lowest BCUT2D eigenvalue weighted by atomic mass is 9.85. The second-order valence-corrected chi connectivity index (χ2v) is 9.14. The minimum atomic E-state index is -4.44. The zero-order chi connectivity index (χ0) is 24.4. The molecule has 1 spiro atoms. The Labute approximate surface area is 200 Å². The van der Waals surface area contributed by atoms with Gasteiger partial charge in [-0.15, -0.1) is 10.2 Å². The molecular formula is C21H17ClF4N8O. The molecule has 6 heterocycles. The topological polar surface area (TPSA) is 98.5 Å². The van der Waals surface area contributed by atoms with Crippen LogP contribution in [0.5, 0.6) is 0 Å². The lowest BCUT2D eigenvalue weighted by Crippen LogP contribution is -2.48.